The van der Waals surface area contributed by atoms with E-state index in [9.17, 15) is 0 Å². The maximum absolute atomic E-state index is 5.29. The van der Waals surface area contributed by atoms with Crippen molar-refractivity contribution in [1.29, 1.82) is 0 Å². The predicted octanol–water partition coefficient (Wildman–Crippen LogP) is 5.74. The fourth-order valence-corrected chi connectivity index (χ4v) is 3.09. The van der Waals surface area contributed by atoms with Gasteiger partial charge in [0.05, 0.1) is 12.6 Å². The first-order valence-electron chi connectivity index (χ1n) is 9.15. The van der Waals surface area contributed by atoms with E-state index in [1.54, 1.807) is 7.11 Å². The number of hydrogen-bond donors (Lipinski definition) is 2. The standard InChI is InChI=1S/C23H22N4O/c1-15-8-4-6-10-19(15)24-22-18-9-5-7-11-21(18)26-23(27-22)25-20-13-12-17(28-3)14-16(20)2/h4-14H,1-3H3,(H2,24,25,26,27). The molecule has 0 saturated heterocycles. The third kappa shape index (κ3) is 3.60. The number of ether oxygens (including phenoxy) is 1. The second-order valence-electron chi connectivity index (χ2n) is 6.66. The number of methoxy groups -OCH3 is 1. The van der Waals surface area contributed by atoms with Gasteiger partial charge in [0.25, 0.3) is 0 Å². The smallest absolute Gasteiger partial charge is 0.229 e. The van der Waals surface area contributed by atoms with E-state index < -0.39 is 0 Å². The molecule has 3 aromatic carbocycles. The Morgan fingerprint density at radius 1 is 0.750 bits per heavy atom. The molecule has 0 unspecified atom stereocenters. The molecule has 0 aliphatic heterocycles. The van der Waals surface area contributed by atoms with Crippen molar-refractivity contribution in [2.75, 3.05) is 17.7 Å². The molecule has 0 saturated carbocycles. The summed E-state index contributed by atoms with van der Waals surface area (Å²) < 4.78 is 5.29. The molecular weight excluding hydrogens is 348 g/mol. The maximum Gasteiger partial charge on any atom is 0.229 e. The summed E-state index contributed by atoms with van der Waals surface area (Å²) in [5.41, 5.74) is 5.06. The number of rotatable bonds is 5. The van der Waals surface area contributed by atoms with Crippen molar-refractivity contribution in [1.82, 2.24) is 9.97 Å². The minimum Gasteiger partial charge on any atom is -0.497 e. The molecule has 0 radical (unpaired) electrons. The molecule has 0 aliphatic rings. The van der Waals surface area contributed by atoms with Gasteiger partial charge in [-0.25, -0.2) is 4.98 Å². The number of nitrogens with one attached hydrogen (secondary N) is 2. The van der Waals surface area contributed by atoms with Crippen LogP contribution >= 0.6 is 0 Å². The highest BCUT2D eigenvalue weighted by Gasteiger charge is 2.10. The number of anilines is 4. The lowest BCUT2D eigenvalue weighted by atomic mass is 10.2. The maximum atomic E-state index is 5.29. The molecule has 0 atom stereocenters. The van der Waals surface area contributed by atoms with Gasteiger partial charge in [0, 0.05) is 16.8 Å². The van der Waals surface area contributed by atoms with E-state index in [2.05, 4.69) is 28.6 Å². The van der Waals surface area contributed by atoms with Gasteiger partial charge in [-0.3, -0.25) is 0 Å². The summed E-state index contributed by atoms with van der Waals surface area (Å²) >= 11 is 0. The van der Waals surface area contributed by atoms with Gasteiger partial charge >= 0.3 is 0 Å². The van der Waals surface area contributed by atoms with E-state index in [1.807, 2.05) is 67.6 Å². The summed E-state index contributed by atoms with van der Waals surface area (Å²) in [6.07, 6.45) is 0. The van der Waals surface area contributed by atoms with Crippen LogP contribution in [0.1, 0.15) is 11.1 Å². The van der Waals surface area contributed by atoms with E-state index in [-0.39, 0.29) is 0 Å². The summed E-state index contributed by atoms with van der Waals surface area (Å²) in [7, 11) is 1.66. The number of hydrogen-bond acceptors (Lipinski definition) is 5. The van der Waals surface area contributed by atoms with Crippen LogP contribution in [-0.4, -0.2) is 17.1 Å². The first-order valence-corrected chi connectivity index (χ1v) is 9.15. The van der Waals surface area contributed by atoms with Crippen LogP contribution in [0.4, 0.5) is 23.1 Å². The predicted molar refractivity (Wildman–Crippen MR) is 115 cm³/mol. The molecular formula is C23H22N4O. The monoisotopic (exact) mass is 370 g/mol. The highest BCUT2D eigenvalue weighted by atomic mass is 16.5. The van der Waals surface area contributed by atoms with Crippen molar-refractivity contribution < 1.29 is 4.74 Å². The lowest BCUT2D eigenvalue weighted by Crippen LogP contribution is -2.03. The Bertz CT molecular complexity index is 1140. The number of aryl methyl sites for hydroxylation is 2. The van der Waals surface area contributed by atoms with Crippen LogP contribution in [0, 0.1) is 13.8 Å². The second kappa shape index (κ2) is 7.56. The molecule has 4 aromatic rings. The van der Waals surface area contributed by atoms with Gasteiger partial charge in [-0.1, -0.05) is 30.3 Å². The Balaban J connectivity index is 1.75. The largest absolute Gasteiger partial charge is 0.497 e. The molecule has 0 fully saturated rings. The Labute approximate surface area is 164 Å². The number of fused-ring (bicyclic) bond motifs is 1. The van der Waals surface area contributed by atoms with Gasteiger partial charge in [0.15, 0.2) is 0 Å². The fourth-order valence-electron chi connectivity index (χ4n) is 3.09. The molecule has 4 rings (SSSR count). The first-order chi connectivity index (χ1) is 13.6. The minimum atomic E-state index is 0.544. The molecule has 140 valence electrons. The normalized spacial score (nSPS) is 10.7. The topological polar surface area (TPSA) is 59.1 Å². The molecule has 5 nitrogen and oxygen atoms in total. The van der Waals surface area contributed by atoms with Crippen molar-refractivity contribution in [2.24, 2.45) is 0 Å². The Morgan fingerprint density at radius 2 is 1.50 bits per heavy atom. The Kier molecular flexibility index (Phi) is 4.81. The third-order valence-electron chi connectivity index (χ3n) is 4.68. The molecule has 0 amide bonds. The van der Waals surface area contributed by atoms with Gasteiger partial charge in [0.2, 0.25) is 5.95 Å². The first kappa shape index (κ1) is 17.8. The van der Waals surface area contributed by atoms with Gasteiger partial charge in [0.1, 0.15) is 11.6 Å². The highest BCUT2D eigenvalue weighted by molar-refractivity contribution is 5.92. The summed E-state index contributed by atoms with van der Waals surface area (Å²) in [5.74, 6) is 2.14. The summed E-state index contributed by atoms with van der Waals surface area (Å²) in [6, 6.07) is 22.0. The molecule has 0 spiro atoms. The number of nitrogens with zero attached hydrogens (tertiary/aromatic N) is 2. The van der Waals surface area contributed by atoms with Gasteiger partial charge in [-0.15, -0.1) is 0 Å². The van der Waals surface area contributed by atoms with Crippen molar-refractivity contribution >= 4 is 34.0 Å². The summed E-state index contributed by atoms with van der Waals surface area (Å²) in [5, 5.41) is 7.78. The van der Waals surface area contributed by atoms with Gasteiger partial charge < -0.3 is 15.4 Å². The molecule has 0 aliphatic carbocycles. The lowest BCUT2D eigenvalue weighted by Gasteiger charge is -2.14. The van der Waals surface area contributed by atoms with E-state index in [1.165, 1.54) is 0 Å². The Hall–Kier alpha value is -3.60. The van der Waals surface area contributed by atoms with Crippen LogP contribution in [0.5, 0.6) is 5.75 Å². The molecule has 2 N–H and O–H groups in total. The quantitative estimate of drug-likeness (QED) is 0.469. The number of para-hydroxylation sites is 2. The van der Waals surface area contributed by atoms with Crippen LogP contribution in [0.3, 0.4) is 0 Å². The summed E-state index contributed by atoms with van der Waals surface area (Å²) in [6.45, 7) is 4.10. The van der Waals surface area contributed by atoms with Crippen LogP contribution < -0.4 is 15.4 Å². The molecule has 1 heterocycles. The van der Waals surface area contributed by atoms with Crippen LogP contribution in [0.2, 0.25) is 0 Å². The van der Waals surface area contributed by atoms with Crippen LogP contribution in [0.25, 0.3) is 10.9 Å². The average Bonchev–Trinajstić information content (AvgIpc) is 2.71. The van der Waals surface area contributed by atoms with Gasteiger partial charge in [-0.05, 0) is 61.4 Å². The fraction of sp³-hybridized carbons (Fsp3) is 0.130. The highest BCUT2D eigenvalue weighted by Crippen LogP contribution is 2.29. The third-order valence-corrected chi connectivity index (χ3v) is 4.68. The van der Waals surface area contributed by atoms with Crippen molar-refractivity contribution in [2.45, 2.75) is 13.8 Å². The van der Waals surface area contributed by atoms with E-state index in [4.69, 9.17) is 9.72 Å². The number of benzene rings is 3. The molecule has 1 aromatic heterocycles. The van der Waals surface area contributed by atoms with Crippen LogP contribution in [0.15, 0.2) is 66.7 Å². The minimum absolute atomic E-state index is 0.544. The van der Waals surface area contributed by atoms with Gasteiger partial charge in [-0.2, -0.15) is 4.98 Å². The lowest BCUT2D eigenvalue weighted by molar-refractivity contribution is 0.414. The van der Waals surface area contributed by atoms with E-state index >= 15 is 0 Å². The molecule has 0 bridgehead atoms. The second-order valence-corrected chi connectivity index (χ2v) is 6.66. The van der Waals surface area contributed by atoms with Crippen molar-refractivity contribution in [3.05, 3.63) is 77.9 Å². The SMILES string of the molecule is COc1ccc(Nc2nc(Nc3ccccc3C)c3ccccc3n2)c(C)c1. The van der Waals surface area contributed by atoms with Crippen molar-refractivity contribution in [3.63, 3.8) is 0 Å². The summed E-state index contributed by atoms with van der Waals surface area (Å²) in [4.78, 5) is 9.44. The zero-order chi connectivity index (χ0) is 19.5. The Morgan fingerprint density at radius 3 is 2.29 bits per heavy atom. The zero-order valence-corrected chi connectivity index (χ0v) is 16.2. The average molecular weight is 370 g/mol. The van der Waals surface area contributed by atoms with Crippen LogP contribution in [-0.2, 0) is 0 Å². The zero-order valence-electron chi connectivity index (χ0n) is 16.2. The van der Waals surface area contributed by atoms with Crippen molar-refractivity contribution in [3.8, 4) is 5.75 Å². The number of aromatic nitrogens is 2. The van der Waals surface area contributed by atoms with E-state index in [0.29, 0.717) is 5.95 Å². The van der Waals surface area contributed by atoms with E-state index in [0.717, 1.165) is 45.0 Å². The molecule has 28 heavy (non-hydrogen) atoms. The molecule has 5 heteroatoms.